The molecule has 7 nitrogen and oxygen atoms in total. The van der Waals surface area contributed by atoms with Crippen LogP contribution in [-0.2, 0) is 15.8 Å². The number of carbonyl (C=O) groups is 2. The van der Waals surface area contributed by atoms with Gasteiger partial charge in [-0.1, -0.05) is 0 Å². The molecule has 2 rings (SSSR count). The maximum Gasteiger partial charge on any atom is 0.418 e. The van der Waals surface area contributed by atoms with E-state index in [-0.39, 0.29) is 13.0 Å². The number of benzene rings is 1. The number of nitro groups is 1. The number of alkyl halides is 3. The van der Waals surface area contributed by atoms with E-state index < -0.39 is 45.4 Å². The number of non-ortho nitro benzene ring substituents is 1. The number of hydrogen-bond acceptors (Lipinski definition) is 6. The molecule has 10 heteroatoms. The van der Waals surface area contributed by atoms with Crippen molar-refractivity contribution in [2.45, 2.75) is 31.6 Å². The Bertz CT molecular complexity index is 703. The van der Waals surface area contributed by atoms with Crippen molar-refractivity contribution in [3.8, 4) is 0 Å². The lowest BCUT2D eigenvalue weighted by molar-refractivity contribution is -0.385. The largest absolute Gasteiger partial charge is 0.418 e. The summed E-state index contributed by atoms with van der Waals surface area (Å²) >= 11 is 0. The van der Waals surface area contributed by atoms with Gasteiger partial charge in [-0.05, 0) is 19.9 Å². The summed E-state index contributed by atoms with van der Waals surface area (Å²) in [5.74, 6) is -0.878. The van der Waals surface area contributed by atoms with Gasteiger partial charge in [-0.3, -0.25) is 25.0 Å². The van der Waals surface area contributed by atoms with Crippen LogP contribution in [0.25, 0.3) is 0 Å². The van der Waals surface area contributed by atoms with Crippen molar-refractivity contribution in [3.63, 3.8) is 0 Å². The van der Waals surface area contributed by atoms with Crippen LogP contribution in [0.15, 0.2) is 18.2 Å². The average molecular weight is 345 g/mol. The lowest BCUT2D eigenvalue weighted by atomic mass is 9.92. The fraction of sp³-hybridized carbons (Fsp3) is 0.429. The first kappa shape index (κ1) is 17.9. The molecule has 1 atom stereocenters. The molecule has 0 amide bonds. The normalized spacial score (nSPS) is 20.0. The van der Waals surface area contributed by atoms with Gasteiger partial charge in [0.2, 0.25) is 5.78 Å². The summed E-state index contributed by atoms with van der Waals surface area (Å²) in [5, 5.41) is 13.6. The van der Waals surface area contributed by atoms with Crippen LogP contribution >= 0.6 is 0 Å². The third-order valence-electron chi connectivity index (χ3n) is 3.89. The van der Waals surface area contributed by atoms with E-state index >= 15 is 0 Å². The van der Waals surface area contributed by atoms with Crippen LogP contribution in [-0.4, -0.2) is 35.2 Å². The SMILES string of the molecule is CC1(C)NCN(c2ccc([N+](=O)[O-])cc2C(F)(F)F)C1C(=O)C=O. The molecule has 1 unspecified atom stereocenters. The van der Waals surface area contributed by atoms with Crippen molar-refractivity contribution >= 4 is 23.4 Å². The highest BCUT2D eigenvalue weighted by molar-refractivity contribution is 6.29. The van der Waals surface area contributed by atoms with Gasteiger partial charge in [0.1, 0.15) is 6.04 Å². The molecule has 1 saturated heterocycles. The van der Waals surface area contributed by atoms with Crippen molar-refractivity contribution in [3.05, 3.63) is 33.9 Å². The van der Waals surface area contributed by atoms with E-state index in [2.05, 4.69) is 5.32 Å². The van der Waals surface area contributed by atoms with Crippen LogP contribution in [0.5, 0.6) is 0 Å². The number of nitro benzene ring substituents is 1. The molecule has 0 bridgehead atoms. The van der Waals surface area contributed by atoms with Crippen molar-refractivity contribution in [2.75, 3.05) is 11.6 Å². The minimum absolute atomic E-state index is 0.0606. The molecule has 1 aromatic carbocycles. The molecular formula is C14H14F3N3O4. The number of hydrogen-bond donors (Lipinski definition) is 1. The summed E-state index contributed by atoms with van der Waals surface area (Å²) in [6, 6.07) is 1.13. The summed E-state index contributed by atoms with van der Waals surface area (Å²) in [4.78, 5) is 33.7. The standard InChI is InChI=1S/C14H14F3N3O4/c1-13(2)12(11(22)6-21)19(7-18-13)10-4-3-8(20(23)24)5-9(10)14(15,16)17/h3-6,12,18H,7H2,1-2H3. The Hall–Kier alpha value is -2.49. The third-order valence-corrected chi connectivity index (χ3v) is 3.89. The van der Waals surface area contributed by atoms with Gasteiger partial charge in [-0.2, -0.15) is 13.2 Å². The van der Waals surface area contributed by atoms with Gasteiger partial charge in [0, 0.05) is 17.7 Å². The first-order chi connectivity index (χ1) is 11.0. The van der Waals surface area contributed by atoms with Crippen LogP contribution in [0.3, 0.4) is 0 Å². The molecule has 1 aliphatic heterocycles. The zero-order chi connectivity index (χ0) is 18.3. The van der Waals surface area contributed by atoms with Crippen LogP contribution < -0.4 is 10.2 Å². The molecule has 24 heavy (non-hydrogen) atoms. The zero-order valence-corrected chi connectivity index (χ0v) is 12.8. The molecule has 1 aromatic rings. The Balaban J connectivity index is 2.60. The number of rotatable bonds is 4. The molecular weight excluding hydrogens is 331 g/mol. The van der Waals surface area contributed by atoms with Gasteiger partial charge in [0.05, 0.1) is 22.8 Å². The Morgan fingerprint density at radius 1 is 1.46 bits per heavy atom. The van der Waals surface area contributed by atoms with Crippen molar-refractivity contribution in [2.24, 2.45) is 0 Å². The van der Waals surface area contributed by atoms with Gasteiger partial charge in [-0.15, -0.1) is 0 Å². The Morgan fingerprint density at radius 3 is 2.58 bits per heavy atom. The highest BCUT2D eigenvalue weighted by atomic mass is 19.4. The fourth-order valence-corrected chi connectivity index (χ4v) is 2.78. The molecule has 130 valence electrons. The molecule has 0 aliphatic carbocycles. The van der Waals surface area contributed by atoms with E-state index in [1.165, 1.54) is 0 Å². The summed E-state index contributed by atoms with van der Waals surface area (Å²) in [7, 11) is 0. The second-order valence-corrected chi connectivity index (χ2v) is 5.91. The van der Waals surface area contributed by atoms with Crippen molar-refractivity contribution in [1.82, 2.24) is 5.32 Å². The minimum atomic E-state index is -4.86. The van der Waals surface area contributed by atoms with Gasteiger partial charge in [-0.25, -0.2) is 0 Å². The maximum absolute atomic E-state index is 13.3. The number of nitrogens with one attached hydrogen (secondary N) is 1. The second kappa shape index (κ2) is 5.86. The highest BCUT2D eigenvalue weighted by Gasteiger charge is 2.47. The number of Topliss-reactive ketones (excluding diaryl/α,β-unsaturated/α-hetero) is 1. The van der Waals surface area contributed by atoms with E-state index in [4.69, 9.17) is 0 Å². The Morgan fingerprint density at radius 2 is 2.08 bits per heavy atom. The smallest absolute Gasteiger partial charge is 0.346 e. The lowest BCUT2D eigenvalue weighted by Gasteiger charge is -2.31. The van der Waals surface area contributed by atoms with Gasteiger partial charge in [0.25, 0.3) is 5.69 Å². The van der Waals surface area contributed by atoms with Gasteiger partial charge in [0.15, 0.2) is 6.29 Å². The molecule has 0 saturated carbocycles. The third kappa shape index (κ3) is 3.09. The van der Waals surface area contributed by atoms with Crippen molar-refractivity contribution < 1.29 is 27.7 Å². The van der Waals surface area contributed by atoms with E-state index in [1.807, 2.05) is 0 Å². The summed E-state index contributed by atoms with van der Waals surface area (Å²) in [6.07, 6.45) is -4.80. The number of ketones is 1. The number of anilines is 1. The summed E-state index contributed by atoms with van der Waals surface area (Å²) in [5.41, 5.74) is -3.29. The van der Waals surface area contributed by atoms with Crippen molar-refractivity contribution in [1.29, 1.82) is 0 Å². The average Bonchev–Trinajstić information content (AvgIpc) is 2.80. The second-order valence-electron chi connectivity index (χ2n) is 5.91. The lowest BCUT2D eigenvalue weighted by Crippen LogP contribution is -2.50. The summed E-state index contributed by atoms with van der Waals surface area (Å²) in [6.45, 7) is 3.05. The van der Waals surface area contributed by atoms with Gasteiger partial charge < -0.3 is 4.90 Å². The Kier molecular flexibility index (Phi) is 4.36. The van der Waals surface area contributed by atoms with E-state index in [0.717, 1.165) is 17.0 Å². The number of aldehydes is 1. The molecule has 0 aromatic heterocycles. The predicted octanol–water partition coefficient (Wildman–Crippen LogP) is 1.90. The minimum Gasteiger partial charge on any atom is -0.346 e. The number of carbonyl (C=O) groups excluding carboxylic acids is 2. The molecule has 0 radical (unpaired) electrons. The first-order valence-corrected chi connectivity index (χ1v) is 6.85. The number of halogens is 3. The number of nitrogens with zero attached hydrogens (tertiary/aromatic N) is 2. The van der Waals surface area contributed by atoms with Crippen LogP contribution in [0.2, 0.25) is 0 Å². The maximum atomic E-state index is 13.3. The van der Waals surface area contributed by atoms with Gasteiger partial charge >= 0.3 is 6.18 Å². The molecule has 0 spiro atoms. The topological polar surface area (TPSA) is 92.5 Å². The van der Waals surface area contributed by atoms with E-state index in [1.54, 1.807) is 13.8 Å². The predicted molar refractivity (Wildman–Crippen MR) is 77.5 cm³/mol. The highest BCUT2D eigenvalue weighted by Crippen LogP contribution is 2.41. The van der Waals surface area contributed by atoms with E-state index in [0.29, 0.717) is 6.07 Å². The monoisotopic (exact) mass is 345 g/mol. The van der Waals surface area contributed by atoms with E-state index in [9.17, 15) is 32.9 Å². The Labute approximate surface area is 134 Å². The molecule has 1 N–H and O–H groups in total. The molecule has 1 aliphatic rings. The van der Waals surface area contributed by atoms with Crippen LogP contribution in [0.1, 0.15) is 19.4 Å². The molecule has 1 fully saturated rings. The first-order valence-electron chi connectivity index (χ1n) is 6.85. The fourth-order valence-electron chi connectivity index (χ4n) is 2.78. The molecule has 1 heterocycles. The van der Waals surface area contributed by atoms with Crippen LogP contribution in [0, 0.1) is 10.1 Å². The van der Waals surface area contributed by atoms with Crippen LogP contribution in [0.4, 0.5) is 24.5 Å². The summed E-state index contributed by atoms with van der Waals surface area (Å²) < 4.78 is 40.0. The quantitative estimate of drug-likeness (QED) is 0.388. The zero-order valence-electron chi connectivity index (χ0n) is 12.8.